The highest BCUT2D eigenvalue weighted by molar-refractivity contribution is 7.17. The van der Waals surface area contributed by atoms with E-state index in [2.05, 4.69) is 4.98 Å². The van der Waals surface area contributed by atoms with Crippen molar-refractivity contribution in [3.05, 3.63) is 69.2 Å². The number of benzene rings is 1. The van der Waals surface area contributed by atoms with Crippen molar-refractivity contribution >= 4 is 28.6 Å². The zero-order valence-electron chi connectivity index (χ0n) is 21.6. The van der Waals surface area contributed by atoms with E-state index in [1.54, 1.807) is 17.6 Å². The summed E-state index contributed by atoms with van der Waals surface area (Å²) in [4.78, 5) is 30.2. The first kappa shape index (κ1) is 24.8. The number of thiazole rings is 2. The zero-order chi connectivity index (χ0) is 26.9. The van der Waals surface area contributed by atoms with Crippen LogP contribution < -0.4 is 10.5 Å². The van der Waals surface area contributed by atoms with Gasteiger partial charge in [-0.2, -0.15) is 0 Å². The van der Waals surface area contributed by atoms with Gasteiger partial charge >= 0.3 is 0 Å². The molecule has 3 atom stereocenters. The number of halogens is 1. The van der Waals surface area contributed by atoms with Crippen molar-refractivity contribution in [1.29, 1.82) is 0 Å². The number of pyridine rings is 1. The Kier molecular flexibility index (Phi) is 5.84. The Morgan fingerprint density at radius 1 is 1.10 bits per heavy atom. The van der Waals surface area contributed by atoms with Crippen LogP contribution >= 0.6 is 22.7 Å². The number of nitrogens with two attached hydrogens (primary N) is 1. The number of piperidine rings is 1. The first-order valence-electron chi connectivity index (χ1n) is 13.2. The van der Waals surface area contributed by atoms with Crippen LogP contribution in [0.1, 0.15) is 53.5 Å². The topological polar surface area (TPSA) is 94.2 Å². The van der Waals surface area contributed by atoms with Crippen molar-refractivity contribution in [2.45, 2.75) is 44.2 Å². The summed E-state index contributed by atoms with van der Waals surface area (Å²) in [6.07, 6.45) is 2.19. The van der Waals surface area contributed by atoms with Crippen molar-refractivity contribution < 1.29 is 13.9 Å². The molecule has 10 heteroatoms. The largest absolute Gasteiger partial charge is 0.474 e. The SMILES string of the molecule is CC(C)(N)c1cc(OC2[C@H]3CN(C(=O)c4sc(-c5cscn5)nc4C4CC4)C[C@@H]23)nc(-c2ccc(F)cc2)c1. The minimum atomic E-state index is -0.593. The van der Waals surface area contributed by atoms with E-state index >= 15 is 0 Å². The highest BCUT2D eigenvalue weighted by Crippen LogP contribution is 2.50. The minimum absolute atomic E-state index is 0.00804. The van der Waals surface area contributed by atoms with Gasteiger partial charge in [-0.25, -0.2) is 19.3 Å². The molecule has 2 saturated carbocycles. The smallest absolute Gasteiger partial charge is 0.265 e. The lowest BCUT2D eigenvalue weighted by molar-refractivity contribution is 0.0755. The maximum absolute atomic E-state index is 13.6. The summed E-state index contributed by atoms with van der Waals surface area (Å²) in [5.74, 6) is 1.22. The second-order valence-corrected chi connectivity index (χ2v) is 13.0. The predicted octanol–water partition coefficient (Wildman–Crippen LogP) is 5.69. The summed E-state index contributed by atoms with van der Waals surface area (Å²) in [6, 6.07) is 10.1. The van der Waals surface area contributed by atoms with Gasteiger partial charge in [-0.15, -0.1) is 22.7 Å². The van der Waals surface area contributed by atoms with Crippen molar-refractivity contribution in [3.8, 4) is 27.8 Å². The molecular weight excluding hydrogens is 533 g/mol. The number of hydrogen-bond donors (Lipinski definition) is 1. The number of carbonyl (C=O) groups is 1. The summed E-state index contributed by atoms with van der Waals surface area (Å²) >= 11 is 3.01. The predicted molar refractivity (Wildman–Crippen MR) is 149 cm³/mol. The molecule has 1 aromatic carbocycles. The molecule has 4 heterocycles. The molecule has 1 amide bonds. The summed E-state index contributed by atoms with van der Waals surface area (Å²) in [5.41, 5.74) is 11.8. The van der Waals surface area contributed by atoms with Crippen LogP contribution in [-0.4, -0.2) is 45.0 Å². The number of rotatable bonds is 7. The standard InChI is InChI=1S/C29H28FN5O2S2/c1-29(2,31)17-9-21(15-5-7-18(30)8-6-15)33-23(10-17)37-25-19-11-35(12-20(19)25)28(36)26-24(16-3-4-16)34-27(39-26)22-13-38-14-32-22/h5-10,13-14,16,19-20,25H,3-4,11-12,31H2,1-2H3/t19-,20+,25?. The van der Waals surface area contributed by atoms with Gasteiger partial charge in [0.25, 0.3) is 5.91 Å². The van der Waals surface area contributed by atoms with E-state index in [0.717, 1.165) is 45.2 Å². The number of hydrogen-bond acceptors (Lipinski definition) is 8. The lowest BCUT2D eigenvalue weighted by Crippen LogP contribution is -2.33. The normalized spacial score (nSPS) is 22.2. The molecule has 39 heavy (non-hydrogen) atoms. The summed E-state index contributed by atoms with van der Waals surface area (Å²) < 4.78 is 19.9. The molecule has 3 fully saturated rings. The number of nitrogens with zero attached hydrogens (tertiary/aromatic N) is 4. The van der Waals surface area contributed by atoms with Crippen LogP contribution in [0.4, 0.5) is 4.39 Å². The molecule has 2 aliphatic carbocycles. The fourth-order valence-electron chi connectivity index (χ4n) is 5.35. The fraction of sp³-hybridized carbons (Fsp3) is 0.379. The molecule has 200 valence electrons. The molecule has 4 aromatic rings. The third-order valence-electron chi connectivity index (χ3n) is 7.81. The highest BCUT2D eigenvalue weighted by atomic mass is 32.1. The molecule has 3 aliphatic rings. The third kappa shape index (κ3) is 4.74. The van der Waals surface area contributed by atoms with E-state index in [9.17, 15) is 9.18 Å². The van der Waals surface area contributed by atoms with Crippen LogP contribution in [0.5, 0.6) is 5.88 Å². The average molecular weight is 562 g/mol. The fourth-order valence-corrected chi connectivity index (χ4v) is 7.05. The van der Waals surface area contributed by atoms with Gasteiger partial charge < -0.3 is 15.4 Å². The number of ether oxygens (including phenoxy) is 1. The summed E-state index contributed by atoms with van der Waals surface area (Å²) in [7, 11) is 0. The van der Waals surface area contributed by atoms with E-state index in [1.807, 2.05) is 36.3 Å². The first-order valence-corrected chi connectivity index (χ1v) is 14.9. The van der Waals surface area contributed by atoms with E-state index in [4.69, 9.17) is 20.4 Å². The number of amides is 1. The molecule has 1 unspecified atom stereocenters. The quantitative estimate of drug-likeness (QED) is 0.312. The lowest BCUT2D eigenvalue weighted by Gasteiger charge is -2.22. The Morgan fingerprint density at radius 2 is 1.85 bits per heavy atom. The third-order valence-corrected chi connectivity index (χ3v) is 9.48. The van der Waals surface area contributed by atoms with Gasteiger partial charge in [-0.05, 0) is 62.6 Å². The van der Waals surface area contributed by atoms with Gasteiger partial charge in [-0.3, -0.25) is 4.79 Å². The van der Waals surface area contributed by atoms with E-state index < -0.39 is 5.54 Å². The Balaban J connectivity index is 1.07. The molecule has 1 saturated heterocycles. The number of fused-ring (bicyclic) bond motifs is 1. The minimum Gasteiger partial charge on any atom is -0.474 e. The van der Waals surface area contributed by atoms with Gasteiger partial charge in [0.1, 0.15) is 27.5 Å². The van der Waals surface area contributed by atoms with Crippen LogP contribution in [0.25, 0.3) is 22.0 Å². The highest BCUT2D eigenvalue weighted by Gasteiger charge is 2.59. The molecule has 3 aromatic heterocycles. The molecule has 7 rings (SSSR count). The van der Waals surface area contributed by atoms with Gasteiger partial charge in [0.15, 0.2) is 0 Å². The molecule has 0 radical (unpaired) electrons. The summed E-state index contributed by atoms with van der Waals surface area (Å²) in [6.45, 7) is 5.19. The molecule has 7 nitrogen and oxygen atoms in total. The molecule has 1 aliphatic heterocycles. The van der Waals surface area contributed by atoms with Crippen LogP contribution in [-0.2, 0) is 5.54 Å². The van der Waals surface area contributed by atoms with E-state index in [0.29, 0.717) is 30.6 Å². The maximum atomic E-state index is 13.6. The van der Waals surface area contributed by atoms with E-state index in [1.165, 1.54) is 34.8 Å². The van der Waals surface area contributed by atoms with Crippen LogP contribution in [0.2, 0.25) is 0 Å². The lowest BCUT2D eigenvalue weighted by atomic mass is 9.95. The second-order valence-electron chi connectivity index (χ2n) is 11.3. The Hall–Kier alpha value is -3.21. The van der Waals surface area contributed by atoms with Crippen molar-refractivity contribution in [3.63, 3.8) is 0 Å². The van der Waals surface area contributed by atoms with Gasteiger partial charge in [0.05, 0.1) is 16.9 Å². The summed E-state index contributed by atoms with van der Waals surface area (Å²) in [5, 5.41) is 2.81. The Labute approximate surface area is 233 Å². The van der Waals surface area contributed by atoms with Crippen molar-refractivity contribution in [1.82, 2.24) is 19.9 Å². The molecular formula is C29H28FN5O2S2. The molecule has 0 bridgehead atoms. The molecule has 2 N–H and O–H groups in total. The molecule has 0 spiro atoms. The van der Waals surface area contributed by atoms with Crippen LogP contribution in [0.3, 0.4) is 0 Å². The van der Waals surface area contributed by atoms with Crippen molar-refractivity contribution in [2.24, 2.45) is 17.6 Å². The first-order chi connectivity index (χ1) is 18.7. The number of carbonyl (C=O) groups excluding carboxylic acids is 1. The van der Waals surface area contributed by atoms with Gasteiger partial charge in [0, 0.05) is 53.4 Å². The van der Waals surface area contributed by atoms with Crippen LogP contribution in [0, 0.1) is 17.7 Å². The number of aromatic nitrogens is 3. The zero-order valence-corrected chi connectivity index (χ0v) is 23.3. The average Bonchev–Trinajstić information content (AvgIpc) is 3.59. The maximum Gasteiger partial charge on any atom is 0.265 e. The monoisotopic (exact) mass is 561 g/mol. The van der Waals surface area contributed by atoms with Crippen molar-refractivity contribution in [2.75, 3.05) is 13.1 Å². The Bertz CT molecular complexity index is 1530. The van der Waals surface area contributed by atoms with Gasteiger partial charge in [-0.1, -0.05) is 0 Å². The Morgan fingerprint density at radius 3 is 2.49 bits per heavy atom. The van der Waals surface area contributed by atoms with Gasteiger partial charge in [0.2, 0.25) is 5.88 Å². The number of likely N-dealkylation sites (tertiary alicyclic amines) is 1. The van der Waals surface area contributed by atoms with E-state index in [-0.39, 0.29) is 29.7 Å². The van der Waals surface area contributed by atoms with Crippen LogP contribution in [0.15, 0.2) is 47.3 Å². The second kappa shape index (κ2) is 9.18.